The van der Waals surface area contributed by atoms with Gasteiger partial charge in [-0.15, -0.1) is 0 Å². The van der Waals surface area contributed by atoms with Crippen molar-refractivity contribution in [3.63, 3.8) is 0 Å². The van der Waals surface area contributed by atoms with Crippen molar-refractivity contribution in [1.82, 2.24) is 25.4 Å². The van der Waals surface area contributed by atoms with E-state index >= 15 is 0 Å². The van der Waals surface area contributed by atoms with Crippen LogP contribution < -0.4 is 10.6 Å². The molecule has 6 nitrogen and oxygen atoms in total. The van der Waals surface area contributed by atoms with E-state index in [1.165, 1.54) is 0 Å². The normalized spacial score (nSPS) is 15.7. The Hall–Kier alpha value is -2.21. The Labute approximate surface area is 129 Å². The van der Waals surface area contributed by atoms with Crippen molar-refractivity contribution in [2.24, 2.45) is 0 Å². The fourth-order valence-electron chi connectivity index (χ4n) is 2.81. The summed E-state index contributed by atoms with van der Waals surface area (Å²) in [6.45, 7) is 3.94. The van der Waals surface area contributed by atoms with E-state index in [2.05, 4.69) is 20.7 Å². The molecule has 22 heavy (non-hydrogen) atoms. The van der Waals surface area contributed by atoms with Crippen LogP contribution in [-0.2, 0) is 6.42 Å². The molecule has 1 aliphatic heterocycles. The SMILES string of the molecule is CCc1c(C(=O)NC2CCNCC2)cnn1-c1ccccn1. The Balaban J connectivity index is 1.82. The van der Waals surface area contributed by atoms with Crippen LogP contribution in [0, 0.1) is 0 Å². The van der Waals surface area contributed by atoms with Gasteiger partial charge in [0.25, 0.3) is 5.91 Å². The molecule has 3 heterocycles. The quantitative estimate of drug-likeness (QED) is 0.893. The van der Waals surface area contributed by atoms with Crippen LogP contribution in [0.3, 0.4) is 0 Å². The molecule has 0 atom stereocenters. The molecule has 1 amide bonds. The summed E-state index contributed by atoms with van der Waals surface area (Å²) in [6, 6.07) is 5.92. The summed E-state index contributed by atoms with van der Waals surface area (Å²) >= 11 is 0. The lowest BCUT2D eigenvalue weighted by Crippen LogP contribution is -2.42. The number of hydrogen-bond donors (Lipinski definition) is 2. The van der Waals surface area contributed by atoms with Gasteiger partial charge in [-0.05, 0) is 44.5 Å². The zero-order valence-corrected chi connectivity index (χ0v) is 12.7. The summed E-state index contributed by atoms with van der Waals surface area (Å²) < 4.78 is 1.75. The first-order valence-corrected chi connectivity index (χ1v) is 7.79. The number of nitrogens with one attached hydrogen (secondary N) is 2. The molecule has 0 bridgehead atoms. The number of rotatable bonds is 4. The zero-order chi connectivity index (χ0) is 15.4. The van der Waals surface area contributed by atoms with Crippen molar-refractivity contribution in [2.75, 3.05) is 13.1 Å². The number of piperidine rings is 1. The van der Waals surface area contributed by atoms with Crippen molar-refractivity contribution < 1.29 is 4.79 Å². The van der Waals surface area contributed by atoms with Gasteiger partial charge in [-0.2, -0.15) is 5.10 Å². The van der Waals surface area contributed by atoms with Crippen LogP contribution in [0.1, 0.15) is 35.8 Å². The lowest BCUT2D eigenvalue weighted by Gasteiger charge is -2.23. The summed E-state index contributed by atoms with van der Waals surface area (Å²) in [7, 11) is 0. The van der Waals surface area contributed by atoms with E-state index in [9.17, 15) is 4.79 Å². The van der Waals surface area contributed by atoms with Crippen molar-refractivity contribution >= 4 is 5.91 Å². The molecule has 0 spiro atoms. The third-order valence-electron chi connectivity index (χ3n) is 3.99. The van der Waals surface area contributed by atoms with Gasteiger partial charge in [0, 0.05) is 12.2 Å². The summed E-state index contributed by atoms with van der Waals surface area (Å²) in [5.74, 6) is 0.700. The second kappa shape index (κ2) is 6.70. The molecular formula is C16H21N5O. The van der Waals surface area contributed by atoms with Crippen LogP contribution in [0.2, 0.25) is 0 Å². The Morgan fingerprint density at radius 3 is 2.91 bits per heavy atom. The third-order valence-corrected chi connectivity index (χ3v) is 3.99. The first-order chi connectivity index (χ1) is 10.8. The molecule has 0 saturated carbocycles. The lowest BCUT2D eigenvalue weighted by molar-refractivity contribution is 0.0928. The molecule has 2 N–H and O–H groups in total. The molecule has 2 aromatic rings. The van der Waals surface area contributed by atoms with E-state index < -0.39 is 0 Å². The summed E-state index contributed by atoms with van der Waals surface area (Å²) in [5, 5.41) is 10.8. The maximum Gasteiger partial charge on any atom is 0.254 e. The van der Waals surface area contributed by atoms with E-state index in [4.69, 9.17) is 0 Å². The molecule has 1 fully saturated rings. The minimum absolute atomic E-state index is 0.0362. The van der Waals surface area contributed by atoms with Gasteiger partial charge >= 0.3 is 0 Å². The van der Waals surface area contributed by atoms with Gasteiger partial charge in [-0.1, -0.05) is 13.0 Å². The highest BCUT2D eigenvalue weighted by molar-refractivity contribution is 5.95. The zero-order valence-electron chi connectivity index (χ0n) is 12.7. The number of carbonyl (C=O) groups excluding carboxylic acids is 1. The van der Waals surface area contributed by atoms with Crippen LogP contribution >= 0.6 is 0 Å². The smallest absolute Gasteiger partial charge is 0.254 e. The van der Waals surface area contributed by atoms with Crippen LogP contribution in [0.5, 0.6) is 0 Å². The largest absolute Gasteiger partial charge is 0.349 e. The second-order valence-corrected chi connectivity index (χ2v) is 5.46. The molecule has 0 unspecified atom stereocenters. The predicted octanol–water partition coefficient (Wildman–Crippen LogP) is 1.31. The molecule has 0 aliphatic carbocycles. The Bertz CT molecular complexity index is 631. The predicted molar refractivity (Wildman–Crippen MR) is 84.1 cm³/mol. The first-order valence-electron chi connectivity index (χ1n) is 7.79. The van der Waals surface area contributed by atoms with Gasteiger partial charge in [0.2, 0.25) is 0 Å². The van der Waals surface area contributed by atoms with Crippen molar-refractivity contribution in [2.45, 2.75) is 32.2 Å². The van der Waals surface area contributed by atoms with Crippen LogP contribution in [0.25, 0.3) is 5.82 Å². The number of amides is 1. The third kappa shape index (κ3) is 3.01. The Morgan fingerprint density at radius 2 is 2.23 bits per heavy atom. The van der Waals surface area contributed by atoms with E-state index in [1.54, 1.807) is 17.1 Å². The summed E-state index contributed by atoms with van der Waals surface area (Å²) in [5.41, 5.74) is 1.54. The molecule has 1 saturated heterocycles. The van der Waals surface area contributed by atoms with E-state index in [1.807, 2.05) is 25.1 Å². The first kappa shape index (κ1) is 14.7. The van der Waals surface area contributed by atoms with Crippen LogP contribution in [-0.4, -0.2) is 39.8 Å². The van der Waals surface area contributed by atoms with Crippen LogP contribution in [0.4, 0.5) is 0 Å². The fraction of sp³-hybridized carbons (Fsp3) is 0.438. The van der Waals surface area contributed by atoms with Gasteiger partial charge in [-0.25, -0.2) is 9.67 Å². The molecular weight excluding hydrogens is 278 g/mol. The lowest BCUT2D eigenvalue weighted by atomic mass is 10.1. The molecule has 0 radical (unpaired) electrons. The minimum atomic E-state index is -0.0362. The average Bonchev–Trinajstić information content (AvgIpc) is 3.00. The van der Waals surface area contributed by atoms with E-state index in [-0.39, 0.29) is 11.9 Å². The molecule has 1 aliphatic rings. The highest BCUT2D eigenvalue weighted by Crippen LogP contribution is 2.15. The number of hydrogen-bond acceptors (Lipinski definition) is 4. The molecule has 6 heteroatoms. The Morgan fingerprint density at radius 1 is 1.41 bits per heavy atom. The van der Waals surface area contributed by atoms with Gasteiger partial charge in [0.05, 0.1) is 17.5 Å². The van der Waals surface area contributed by atoms with E-state index in [0.29, 0.717) is 5.56 Å². The molecule has 2 aromatic heterocycles. The molecule has 116 valence electrons. The van der Waals surface area contributed by atoms with Gasteiger partial charge in [0.1, 0.15) is 0 Å². The molecule has 3 rings (SSSR count). The summed E-state index contributed by atoms with van der Waals surface area (Å²) in [6.07, 6.45) is 6.05. The fourth-order valence-corrected chi connectivity index (χ4v) is 2.81. The van der Waals surface area contributed by atoms with Crippen molar-refractivity contribution in [1.29, 1.82) is 0 Å². The monoisotopic (exact) mass is 299 g/mol. The minimum Gasteiger partial charge on any atom is -0.349 e. The Kier molecular flexibility index (Phi) is 4.48. The second-order valence-electron chi connectivity index (χ2n) is 5.46. The number of carbonyl (C=O) groups is 1. The summed E-state index contributed by atoms with van der Waals surface area (Å²) in [4.78, 5) is 16.8. The van der Waals surface area contributed by atoms with Gasteiger partial charge in [-0.3, -0.25) is 4.79 Å². The number of pyridine rings is 1. The maximum atomic E-state index is 12.5. The van der Waals surface area contributed by atoms with E-state index in [0.717, 1.165) is 43.9 Å². The van der Waals surface area contributed by atoms with Crippen molar-refractivity contribution in [3.05, 3.63) is 41.9 Å². The molecule has 0 aromatic carbocycles. The van der Waals surface area contributed by atoms with Crippen molar-refractivity contribution in [3.8, 4) is 5.82 Å². The average molecular weight is 299 g/mol. The number of aromatic nitrogens is 3. The standard InChI is InChI=1S/C16H21N5O/c1-2-14-13(16(22)20-12-6-9-17-10-7-12)11-19-21(14)15-5-3-4-8-18-15/h3-5,8,11-12,17H,2,6-7,9-10H2,1H3,(H,20,22). The topological polar surface area (TPSA) is 71.8 Å². The highest BCUT2D eigenvalue weighted by atomic mass is 16.1. The number of nitrogens with zero attached hydrogens (tertiary/aromatic N) is 3. The highest BCUT2D eigenvalue weighted by Gasteiger charge is 2.21. The van der Waals surface area contributed by atoms with Gasteiger partial charge in [0.15, 0.2) is 5.82 Å². The maximum absolute atomic E-state index is 12.5. The van der Waals surface area contributed by atoms with Gasteiger partial charge < -0.3 is 10.6 Å². The van der Waals surface area contributed by atoms with Crippen LogP contribution in [0.15, 0.2) is 30.6 Å².